The number of rotatable bonds is 5. The first-order chi connectivity index (χ1) is 7.59. The van der Waals surface area contributed by atoms with Crippen LogP contribution in [0.1, 0.15) is 5.56 Å². The van der Waals surface area contributed by atoms with Crippen LogP contribution in [0, 0.1) is 0 Å². The number of carbonyl (C=O) groups is 2. The zero-order valence-corrected chi connectivity index (χ0v) is 8.34. The smallest absolute Gasteiger partial charge is 0.334 e. The molecule has 1 unspecified atom stereocenters. The van der Waals surface area contributed by atoms with E-state index in [0.29, 0.717) is 0 Å². The summed E-state index contributed by atoms with van der Waals surface area (Å²) in [6.45, 7) is -0.0714. The fourth-order valence-corrected chi connectivity index (χ4v) is 0.915. The van der Waals surface area contributed by atoms with E-state index in [1.54, 1.807) is 6.07 Å². The highest BCUT2D eigenvalue weighted by Crippen LogP contribution is 1.97. The number of aliphatic carboxylic acids is 1. The molecule has 0 radical (unpaired) electrons. The lowest BCUT2D eigenvalue weighted by atomic mass is 10.3. The average molecular weight is 228 g/mol. The van der Waals surface area contributed by atoms with E-state index in [9.17, 15) is 9.59 Å². The second-order valence-electron chi connectivity index (χ2n) is 3.05. The van der Waals surface area contributed by atoms with E-state index in [4.69, 9.17) is 14.6 Å². The number of aliphatic hydroxyl groups is 1. The topological polar surface area (TPSA) is 112 Å². The SMILES string of the molecule is O=C(NCc1ccoc1)NCC(O)C(=O)O. The van der Waals surface area contributed by atoms with Gasteiger partial charge in [-0.05, 0) is 6.07 Å². The van der Waals surface area contributed by atoms with Crippen LogP contribution in [0.4, 0.5) is 4.79 Å². The summed E-state index contributed by atoms with van der Waals surface area (Å²) in [5, 5.41) is 21.9. The fourth-order valence-electron chi connectivity index (χ4n) is 0.915. The van der Waals surface area contributed by atoms with Crippen molar-refractivity contribution in [3.8, 4) is 0 Å². The lowest BCUT2D eigenvalue weighted by Gasteiger charge is -2.08. The Bertz CT molecular complexity index is 349. The van der Waals surface area contributed by atoms with E-state index >= 15 is 0 Å². The Kier molecular flexibility index (Phi) is 4.34. The van der Waals surface area contributed by atoms with Gasteiger partial charge in [0, 0.05) is 12.1 Å². The van der Waals surface area contributed by atoms with Crippen molar-refractivity contribution in [3.05, 3.63) is 24.2 Å². The molecule has 0 bridgehead atoms. The summed E-state index contributed by atoms with van der Waals surface area (Å²) in [4.78, 5) is 21.3. The van der Waals surface area contributed by atoms with Crippen LogP contribution in [0.15, 0.2) is 23.0 Å². The standard InChI is InChI=1S/C9H12N2O5/c12-7(8(13)14)4-11-9(15)10-3-6-1-2-16-5-6/h1-2,5,7,12H,3-4H2,(H,13,14)(H2,10,11,15). The summed E-state index contributed by atoms with van der Waals surface area (Å²) in [5.74, 6) is -1.38. The van der Waals surface area contributed by atoms with Crippen molar-refractivity contribution in [2.24, 2.45) is 0 Å². The first-order valence-corrected chi connectivity index (χ1v) is 4.53. The molecule has 7 heteroatoms. The van der Waals surface area contributed by atoms with Gasteiger partial charge in [-0.25, -0.2) is 9.59 Å². The summed E-state index contributed by atoms with van der Waals surface area (Å²) in [6, 6.07) is 1.13. The summed E-state index contributed by atoms with van der Waals surface area (Å²) < 4.78 is 4.79. The second-order valence-corrected chi connectivity index (χ2v) is 3.05. The number of hydrogen-bond donors (Lipinski definition) is 4. The first kappa shape index (κ1) is 12.1. The molecule has 1 aromatic heterocycles. The highest BCUT2D eigenvalue weighted by Gasteiger charge is 2.13. The number of nitrogens with one attached hydrogen (secondary N) is 2. The molecule has 0 fully saturated rings. The van der Waals surface area contributed by atoms with Crippen LogP contribution in [0.5, 0.6) is 0 Å². The molecule has 1 heterocycles. The number of furan rings is 1. The third-order valence-corrected chi connectivity index (χ3v) is 1.77. The molecule has 1 aromatic rings. The van der Waals surface area contributed by atoms with Crippen molar-refractivity contribution in [2.45, 2.75) is 12.6 Å². The van der Waals surface area contributed by atoms with Crippen molar-refractivity contribution >= 4 is 12.0 Å². The van der Waals surface area contributed by atoms with Crippen LogP contribution in [0.2, 0.25) is 0 Å². The Morgan fingerprint density at radius 1 is 1.44 bits per heavy atom. The Morgan fingerprint density at radius 2 is 2.19 bits per heavy atom. The summed E-state index contributed by atoms with van der Waals surface area (Å²) >= 11 is 0. The predicted octanol–water partition coefficient (Wildman–Crippen LogP) is -0.476. The van der Waals surface area contributed by atoms with Crippen molar-refractivity contribution in [2.75, 3.05) is 6.54 Å². The number of aliphatic hydroxyl groups excluding tert-OH is 1. The summed E-state index contributed by atoms with van der Waals surface area (Å²) in [6.07, 6.45) is 1.36. The molecular formula is C9H12N2O5. The quantitative estimate of drug-likeness (QED) is 0.544. The van der Waals surface area contributed by atoms with Gasteiger partial charge in [0.2, 0.25) is 0 Å². The lowest BCUT2D eigenvalue weighted by molar-refractivity contribution is -0.146. The van der Waals surface area contributed by atoms with Gasteiger partial charge in [0.1, 0.15) is 0 Å². The van der Waals surface area contributed by atoms with Gasteiger partial charge in [0.15, 0.2) is 6.10 Å². The van der Waals surface area contributed by atoms with E-state index in [1.165, 1.54) is 12.5 Å². The monoisotopic (exact) mass is 228 g/mol. The minimum Gasteiger partial charge on any atom is -0.479 e. The van der Waals surface area contributed by atoms with Gasteiger partial charge in [-0.15, -0.1) is 0 Å². The molecule has 7 nitrogen and oxygen atoms in total. The van der Waals surface area contributed by atoms with E-state index in [-0.39, 0.29) is 13.1 Å². The molecule has 4 N–H and O–H groups in total. The van der Waals surface area contributed by atoms with E-state index in [2.05, 4.69) is 10.6 Å². The average Bonchev–Trinajstić information content (AvgIpc) is 2.75. The largest absolute Gasteiger partial charge is 0.479 e. The molecule has 1 atom stereocenters. The van der Waals surface area contributed by atoms with Gasteiger partial charge in [0.05, 0.1) is 19.1 Å². The molecule has 0 aromatic carbocycles. The second kappa shape index (κ2) is 5.76. The highest BCUT2D eigenvalue weighted by atomic mass is 16.4. The number of urea groups is 1. The molecular weight excluding hydrogens is 216 g/mol. The van der Waals surface area contributed by atoms with Gasteiger partial charge >= 0.3 is 12.0 Å². The summed E-state index contributed by atoms with van der Waals surface area (Å²) in [7, 11) is 0. The molecule has 0 saturated carbocycles. The van der Waals surface area contributed by atoms with Crippen LogP contribution in [0.25, 0.3) is 0 Å². The number of carbonyl (C=O) groups excluding carboxylic acids is 1. The number of hydrogen-bond acceptors (Lipinski definition) is 4. The molecule has 0 aliphatic carbocycles. The molecule has 0 saturated heterocycles. The van der Waals surface area contributed by atoms with E-state index < -0.39 is 18.1 Å². The number of carboxylic acid groups (broad SMARTS) is 1. The van der Waals surface area contributed by atoms with Crippen molar-refractivity contribution in [1.82, 2.24) is 10.6 Å². The Labute approximate surface area is 91.1 Å². The third-order valence-electron chi connectivity index (χ3n) is 1.77. The zero-order chi connectivity index (χ0) is 12.0. The predicted molar refractivity (Wildman–Crippen MR) is 52.6 cm³/mol. The van der Waals surface area contributed by atoms with Gasteiger partial charge in [-0.2, -0.15) is 0 Å². The molecule has 16 heavy (non-hydrogen) atoms. The van der Waals surface area contributed by atoms with Crippen LogP contribution < -0.4 is 10.6 Å². The Morgan fingerprint density at radius 3 is 2.75 bits per heavy atom. The minimum atomic E-state index is -1.60. The van der Waals surface area contributed by atoms with E-state index in [1.807, 2.05) is 0 Å². The maximum atomic E-state index is 11.1. The van der Waals surface area contributed by atoms with Crippen molar-refractivity contribution in [1.29, 1.82) is 0 Å². The van der Waals surface area contributed by atoms with Crippen molar-refractivity contribution < 1.29 is 24.2 Å². The maximum absolute atomic E-state index is 11.1. The van der Waals surface area contributed by atoms with Gasteiger partial charge in [-0.3, -0.25) is 0 Å². The van der Waals surface area contributed by atoms with Crippen molar-refractivity contribution in [3.63, 3.8) is 0 Å². The number of amides is 2. The van der Waals surface area contributed by atoms with Gasteiger partial charge < -0.3 is 25.3 Å². The third kappa shape index (κ3) is 4.01. The Hall–Kier alpha value is -2.02. The summed E-state index contributed by atoms with van der Waals surface area (Å²) in [5.41, 5.74) is 0.786. The van der Waals surface area contributed by atoms with Crippen LogP contribution in [-0.2, 0) is 11.3 Å². The molecule has 0 spiro atoms. The van der Waals surface area contributed by atoms with Crippen LogP contribution in [0.3, 0.4) is 0 Å². The van der Waals surface area contributed by atoms with Gasteiger partial charge in [-0.1, -0.05) is 0 Å². The van der Waals surface area contributed by atoms with Crippen LogP contribution in [-0.4, -0.2) is 34.9 Å². The zero-order valence-electron chi connectivity index (χ0n) is 8.34. The fraction of sp³-hybridized carbons (Fsp3) is 0.333. The molecule has 2 amide bonds. The van der Waals surface area contributed by atoms with E-state index in [0.717, 1.165) is 5.56 Å². The van der Waals surface area contributed by atoms with Crippen LogP contribution >= 0.6 is 0 Å². The number of carboxylic acids is 1. The highest BCUT2D eigenvalue weighted by molar-refractivity contribution is 5.76. The molecule has 0 aliphatic rings. The maximum Gasteiger partial charge on any atom is 0.334 e. The molecule has 0 aliphatic heterocycles. The Balaban J connectivity index is 2.19. The first-order valence-electron chi connectivity index (χ1n) is 4.53. The lowest BCUT2D eigenvalue weighted by Crippen LogP contribution is -2.41. The molecule has 1 rings (SSSR count). The minimum absolute atomic E-state index is 0.269. The normalized spacial score (nSPS) is 11.8. The molecule has 88 valence electrons. The van der Waals surface area contributed by atoms with Gasteiger partial charge in [0.25, 0.3) is 0 Å².